The topological polar surface area (TPSA) is 38.6 Å². The van der Waals surface area contributed by atoms with Gasteiger partial charge in [0.2, 0.25) is 0 Å². The highest BCUT2D eigenvalue weighted by molar-refractivity contribution is 5.55. The molecular formula is C14H19N3O. The van der Waals surface area contributed by atoms with Crippen LogP contribution in [0.2, 0.25) is 0 Å². The summed E-state index contributed by atoms with van der Waals surface area (Å²) in [7, 11) is 0. The Labute approximate surface area is 107 Å². The van der Waals surface area contributed by atoms with E-state index in [9.17, 15) is 0 Å². The van der Waals surface area contributed by atoms with Gasteiger partial charge in [-0.3, -0.25) is 0 Å². The molecule has 2 aromatic rings. The van der Waals surface area contributed by atoms with Gasteiger partial charge < -0.3 is 10.1 Å². The normalized spacial score (nSPS) is 21.5. The van der Waals surface area contributed by atoms with Crippen molar-refractivity contribution in [3.63, 3.8) is 0 Å². The van der Waals surface area contributed by atoms with E-state index in [2.05, 4.69) is 29.5 Å². The van der Waals surface area contributed by atoms with Gasteiger partial charge in [-0.15, -0.1) is 0 Å². The van der Waals surface area contributed by atoms with Gasteiger partial charge in [0, 0.05) is 30.3 Å². The molecule has 0 aliphatic carbocycles. The van der Waals surface area contributed by atoms with Crippen LogP contribution >= 0.6 is 0 Å². The molecule has 96 valence electrons. The quantitative estimate of drug-likeness (QED) is 0.895. The number of pyridine rings is 1. The summed E-state index contributed by atoms with van der Waals surface area (Å²) in [6.07, 6.45) is 5.11. The summed E-state index contributed by atoms with van der Waals surface area (Å²) in [6.45, 7) is 4.84. The van der Waals surface area contributed by atoms with Crippen LogP contribution in [0.15, 0.2) is 30.6 Å². The van der Waals surface area contributed by atoms with Crippen molar-refractivity contribution < 1.29 is 4.74 Å². The number of ether oxygens (including phenoxy) is 1. The molecule has 0 bridgehead atoms. The molecule has 1 saturated heterocycles. The molecule has 3 heterocycles. The van der Waals surface area contributed by atoms with Crippen LogP contribution in [0.5, 0.6) is 0 Å². The molecule has 2 atom stereocenters. The van der Waals surface area contributed by atoms with Crippen molar-refractivity contribution in [2.75, 3.05) is 19.8 Å². The lowest BCUT2D eigenvalue weighted by Gasteiger charge is -2.22. The van der Waals surface area contributed by atoms with Gasteiger partial charge in [0.25, 0.3) is 0 Å². The van der Waals surface area contributed by atoms with Gasteiger partial charge in [-0.1, -0.05) is 13.0 Å². The average molecular weight is 245 g/mol. The second-order valence-corrected chi connectivity index (χ2v) is 4.79. The van der Waals surface area contributed by atoms with Gasteiger partial charge in [0.15, 0.2) is 0 Å². The molecule has 0 amide bonds. The summed E-state index contributed by atoms with van der Waals surface area (Å²) in [5.41, 5.74) is 2.48. The first-order chi connectivity index (χ1) is 8.90. The fourth-order valence-corrected chi connectivity index (χ4v) is 2.76. The number of rotatable bonds is 4. The molecule has 1 fully saturated rings. The smallest absolute Gasteiger partial charge is 0.0709 e. The van der Waals surface area contributed by atoms with E-state index in [4.69, 9.17) is 4.74 Å². The summed E-state index contributed by atoms with van der Waals surface area (Å²) in [4.78, 5) is 0. The van der Waals surface area contributed by atoms with Crippen LogP contribution in [-0.2, 0) is 4.74 Å². The zero-order valence-electron chi connectivity index (χ0n) is 10.7. The van der Waals surface area contributed by atoms with Crippen molar-refractivity contribution in [3.05, 3.63) is 36.2 Å². The van der Waals surface area contributed by atoms with Crippen molar-refractivity contribution in [3.8, 4) is 0 Å². The maximum atomic E-state index is 5.53. The number of nitrogens with zero attached hydrogens (tertiary/aromatic N) is 2. The van der Waals surface area contributed by atoms with Crippen LogP contribution in [0.1, 0.15) is 24.9 Å². The van der Waals surface area contributed by atoms with Crippen LogP contribution in [-0.4, -0.2) is 29.4 Å². The van der Waals surface area contributed by atoms with Crippen LogP contribution in [0.3, 0.4) is 0 Å². The van der Waals surface area contributed by atoms with Gasteiger partial charge in [-0.25, -0.2) is 4.52 Å². The SMILES string of the molecule is CCNC(c1cnn2ccccc12)C1CCOC1. The molecule has 2 unspecified atom stereocenters. The maximum Gasteiger partial charge on any atom is 0.0709 e. The molecule has 4 nitrogen and oxygen atoms in total. The Morgan fingerprint density at radius 2 is 2.50 bits per heavy atom. The number of hydrogen-bond acceptors (Lipinski definition) is 3. The Balaban J connectivity index is 1.98. The van der Waals surface area contributed by atoms with Crippen LogP contribution < -0.4 is 5.32 Å². The van der Waals surface area contributed by atoms with Gasteiger partial charge in [-0.2, -0.15) is 5.10 Å². The Morgan fingerprint density at radius 1 is 1.56 bits per heavy atom. The third-order valence-electron chi connectivity index (χ3n) is 3.65. The first-order valence-corrected chi connectivity index (χ1v) is 6.63. The number of hydrogen-bond donors (Lipinski definition) is 1. The maximum absolute atomic E-state index is 5.53. The fourth-order valence-electron chi connectivity index (χ4n) is 2.76. The van der Waals surface area contributed by atoms with E-state index >= 15 is 0 Å². The highest BCUT2D eigenvalue weighted by atomic mass is 16.5. The first-order valence-electron chi connectivity index (χ1n) is 6.63. The van der Waals surface area contributed by atoms with Crippen LogP contribution in [0.25, 0.3) is 5.52 Å². The first kappa shape index (κ1) is 11.7. The third-order valence-corrected chi connectivity index (χ3v) is 3.65. The minimum Gasteiger partial charge on any atom is -0.381 e. The zero-order valence-corrected chi connectivity index (χ0v) is 10.7. The Bertz CT molecular complexity index is 516. The standard InChI is InChI=1S/C14H19N3O/c1-2-15-14(11-6-8-18-10-11)12-9-16-17-7-4-3-5-13(12)17/h3-5,7,9,11,14-15H,2,6,8,10H2,1H3. The second kappa shape index (κ2) is 5.08. The Kier molecular flexibility index (Phi) is 3.30. The van der Waals surface area contributed by atoms with Crippen LogP contribution in [0.4, 0.5) is 0 Å². The minimum atomic E-state index is 0.345. The summed E-state index contributed by atoms with van der Waals surface area (Å²) < 4.78 is 7.47. The van der Waals surface area contributed by atoms with Crippen molar-refractivity contribution in [1.29, 1.82) is 0 Å². The van der Waals surface area contributed by atoms with E-state index in [-0.39, 0.29) is 0 Å². The minimum absolute atomic E-state index is 0.345. The van der Waals surface area contributed by atoms with Gasteiger partial charge >= 0.3 is 0 Å². The molecule has 18 heavy (non-hydrogen) atoms. The molecule has 1 N–H and O–H groups in total. The van der Waals surface area contributed by atoms with E-state index in [0.29, 0.717) is 12.0 Å². The molecule has 4 heteroatoms. The monoisotopic (exact) mass is 245 g/mol. The molecule has 1 aliphatic rings. The van der Waals surface area contributed by atoms with Gasteiger partial charge in [0.05, 0.1) is 18.3 Å². The summed E-state index contributed by atoms with van der Waals surface area (Å²) >= 11 is 0. The third kappa shape index (κ3) is 2.02. The predicted molar refractivity (Wildman–Crippen MR) is 70.5 cm³/mol. The molecule has 0 aromatic carbocycles. The highest BCUT2D eigenvalue weighted by Crippen LogP contribution is 2.30. The van der Waals surface area contributed by atoms with E-state index in [0.717, 1.165) is 26.2 Å². The number of aromatic nitrogens is 2. The van der Waals surface area contributed by atoms with Crippen molar-refractivity contribution >= 4 is 5.52 Å². The Hall–Kier alpha value is -1.39. The molecule has 1 aliphatic heterocycles. The molecule has 0 saturated carbocycles. The predicted octanol–water partition coefficient (Wildman–Crippen LogP) is 2.02. The van der Waals surface area contributed by atoms with Gasteiger partial charge in [0.1, 0.15) is 0 Å². The average Bonchev–Trinajstić information content (AvgIpc) is 3.06. The summed E-state index contributed by atoms with van der Waals surface area (Å²) in [5, 5.41) is 8.01. The van der Waals surface area contributed by atoms with E-state index in [1.54, 1.807) is 0 Å². The number of nitrogens with one attached hydrogen (secondary N) is 1. The zero-order chi connectivity index (χ0) is 12.4. The van der Waals surface area contributed by atoms with Gasteiger partial charge in [-0.05, 0) is 25.1 Å². The molecule has 3 rings (SSSR count). The molecule has 2 aromatic heterocycles. The van der Waals surface area contributed by atoms with Crippen molar-refractivity contribution in [2.45, 2.75) is 19.4 Å². The molecule has 0 radical (unpaired) electrons. The van der Waals surface area contributed by atoms with E-state index in [1.807, 2.05) is 23.0 Å². The van der Waals surface area contributed by atoms with Crippen molar-refractivity contribution in [1.82, 2.24) is 14.9 Å². The second-order valence-electron chi connectivity index (χ2n) is 4.79. The lowest BCUT2D eigenvalue weighted by Crippen LogP contribution is -2.28. The molecular weight excluding hydrogens is 226 g/mol. The fraction of sp³-hybridized carbons (Fsp3) is 0.500. The van der Waals surface area contributed by atoms with E-state index < -0.39 is 0 Å². The summed E-state index contributed by atoms with van der Waals surface area (Å²) in [5.74, 6) is 0.554. The van der Waals surface area contributed by atoms with Crippen LogP contribution in [0, 0.1) is 5.92 Å². The molecule has 0 spiro atoms. The largest absolute Gasteiger partial charge is 0.381 e. The van der Waals surface area contributed by atoms with Crippen molar-refractivity contribution in [2.24, 2.45) is 5.92 Å². The lowest BCUT2D eigenvalue weighted by molar-refractivity contribution is 0.177. The number of fused-ring (bicyclic) bond motifs is 1. The van der Waals surface area contributed by atoms with E-state index in [1.165, 1.54) is 11.1 Å². The highest BCUT2D eigenvalue weighted by Gasteiger charge is 2.28. The lowest BCUT2D eigenvalue weighted by atomic mass is 9.93. The summed E-state index contributed by atoms with van der Waals surface area (Å²) in [6, 6.07) is 6.54. The Morgan fingerprint density at radius 3 is 3.28 bits per heavy atom.